The highest BCUT2D eigenvalue weighted by atomic mass is 16.3. The van der Waals surface area contributed by atoms with E-state index in [-0.39, 0.29) is 5.75 Å². The molecule has 0 aliphatic rings. The summed E-state index contributed by atoms with van der Waals surface area (Å²) in [5.74, 6) is 0.233. The summed E-state index contributed by atoms with van der Waals surface area (Å²) in [6, 6.07) is 12.9. The molecular weight excluding hydrogens is 212 g/mol. The Morgan fingerprint density at radius 1 is 0.824 bits per heavy atom. The van der Waals surface area contributed by atoms with Gasteiger partial charge >= 0.3 is 0 Å². The lowest BCUT2D eigenvalue weighted by Crippen LogP contribution is -1.87. The van der Waals surface area contributed by atoms with E-state index in [1.165, 1.54) is 0 Å². The van der Waals surface area contributed by atoms with Gasteiger partial charge in [0.05, 0.1) is 11.2 Å². The van der Waals surface area contributed by atoms with Crippen molar-refractivity contribution in [1.82, 2.24) is 9.97 Å². The first-order valence-corrected chi connectivity index (χ1v) is 5.34. The number of hydrogen-bond acceptors (Lipinski definition) is 3. The highest BCUT2D eigenvalue weighted by Crippen LogP contribution is 2.31. The first-order valence-electron chi connectivity index (χ1n) is 5.34. The van der Waals surface area contributed by atoms with E-state index in [2.05, 4.69) is 9.97 Å². The van der Waals surface area contributed by atoms with E-state index in [1.54, 1.807) is 24.5 Å². The van der Waals surface area contributed by atoms with Crippen LogP contribution in [0.5, 0.6) is 5.75 Å². The molecule has 2 heterocycles. The number of pyridine rings is 2. The van der Waals surface area contributed by atoms with Crippen molar-refractivity contribution < 1.29 is 5.11 Å². The van der Waals surface area contributed by atoms with Gasteiger partial charge < -0.3 is 5.11 Å². The second kappa shape index (κ2) is 3.87. The minimum Gasteiger partial charge on any atom is -0.507 e. The predicted molar refractivity (Wildman–Crippen MR) is 66.6 cm³/mol. The van der Waals surface area contributed by atoms with Crippen LogP contribution in [0.3, 0.4) is 0 Å². The van der Waals surface area contributed by atoms with Crippen LogP contribution in [0, 0.1) is 0 Å². The molecule has 0 aliphatic heterocycles. The number of phenols is 1. The maximum absolute atomic E-state index is 9.86. The largest absolute Gasteiger partial charge is 0.507 e. The summed E-state index contributed by atoms with van der Waals surface area (Å²) in [6.07, 6.45) is 3.45. The average Bonchev–Trinajstić information content (AvgIpc) is 2.39. The maximum Gasteiger partial charge on any atom is 0.124 e. The summed E-state index contributed by atoms with van der Waals surface area (Å²) in [5.41, 5.74) is 2.36. The van der Waals surface area contributed by atoms with E-state index in [1.807, 2.05) is 30.3 Å². The summed E-state index contributed by atoms with van der Waals surface area (Å²) in [4.78, 5) is 8.61. The third kappa shape index (κ3) is 1.61. The first-order chi connectivity index (χ1) is 8.36. The van der Waals surface area contributed by atoms with Crippen LogP contribution in [-0.2, 0) is 0 Å². The molecule has 82 valence electrons. The molecule has 0 atom stereocenters. The molecule has 2 aromatic heterocycles. The number of phenolic OH excluding ortho intramolecular Hbond substituents is 1. The Bertz CT molecular complexity index is 674. The zero-order valence-corrected chi connectivity index (χ0v) is 9.04. The Hall–Kier alpha value is -2.42. The number of benzene rings is 1. The smallest absolute Gasteiger partial charge is 0.124 e. The molecule has 0 amide bonds. The van der Waals surface area contributed by atoms with E-state index in [4.69, 9.17) is 0 Å². The highest BCUT2D eigenvalue weighted by molar-refractivity contribution is 5.93. The van der Waals surface area contributed by atoms with Crippen molar-refractivity contribution in [2.24, 2.45) is 0 Å². The number of aromatic nitrogens is 2. The summed E-state index contributed by atoms with van der Waals surface area (Å²) in [7, 11) is 0. The second-order valence-corrected chi connectivity index (χ2v) is 3.75. The van der Waals surface area contributed by atoms with Crippen molar-refractivity contribution in [2.45, 2.75) is 0 Å². The molecule has 0 radical (unpaired) electrons. The van der Waals surface area contributed by atoms with Crippen LogP contribution in [0.1, 0.15) is 0 Å². The van der Waals surface area contributed by atoms with Crippen LogP contribution in [0.4, 0.5) is 0 Å². The SMILES string of the molecule is Oc1ccccc1-c1nccc2ncccc12. The van der Waals surface area contributed by atoms with Gasteiger partial charge in [-0.2, -0.15) is 0 Å². The zero-order chi connectivity index (χ0) is 11.7. The van der Waals surface area contributed by atoms with Gasteiger partial charge in [-0.25, -0.2) is 0 Å². The zero-order valence-electron chi connectivity index (χ0n) is 9.04. The van der Waals surface area contributed by atoms with E-state index in [9.17, 15) is 5.11 Å². The first kappa shape index (κ1) is 9.78. The number of nitrogens with zero attached hydrogens (tertiary/aromatic N) is 2. The van der Waals surface area contributed by atoms with Gasteiger partial charge in [-0.3, -0.25) is 9.97 Å². The average molecular weight is 222 g/mol. The standard InChI is InChI=1S/C14H10N2O/c17-13-6-2-1-4-11(13)14-10-5-3-8-15-12(10)7-9-16-14/h1-9,17H. The highest BCUT2D eigenvalue weighted by Gasteiger charge is 2.08. The lowest BCUT2D eigenvalue weighted by molar-refractivity contribution is 0.477. The fraction of sp³-hybridized carbons (Fsp3) is 0. The summed E-state index contributed by atoms with van der Waals surface area (Å²) >= 11 is 0. The quantitative estimate of drug-likeness (QED) is 0.688. The van der Waals surface area contributed by atoms with Gasteiger partial charge in [0.25, 0.3) is 0 Å². The van der Waals surface area contributed by atoms with E-state index in [0.717, 1.165) is 22.2 Å². The number of hydrogen-bond donors (Lipinski definition) is 1. The molecule has 0 unspecified atom stereocenters. The van der Waals surface area contributed by atoms with Crippen molar-refractivity contribution in [2.75, 3.05) is 0 Å². The molecule has 3 nitrogen and oxygen atoms in total. The third-order valence-electron chi connectivity index (χ3n) is 2.69. The van der Waals surface area contributed by atoms with Gasteiger partial charge in [-0.1, -0.05) is 12.1 Å². The molecule has 3 heteroatoms. The Morgan fingerprint density at radius 3 is 2.59 bits per heavy atom. The molecule has 3 aromatic rings. The molecule has 0 bridgehead atoms. The molecule has 1 aromatic carbocycles. The van der Waals surface area contributed by atoms with E-state index < -0.39 is 0 Å². The number of rotatable bonds is 1. The molecule has 0 saturated heterocycles. The Morgan fingerprint density at radius 2 is 1.71 bits per heavy atom. The topological polar surface area (TPSA) is 46.0 Å². The van der Waals surface area contributed by atoms with Gasteiger partial charge in [0.15, 0.2) is 0 Å². The Labute approximate surface area is 98.4 Å². The Kier molecular flexibility index (Phi) is 2.22. The van der Waals surface area contributed by atoms with Gasteiger partial charge in [-0.15, -0.1) is 0 Å². The molecule has 0 saturated carbocycles. The minimum atomic E-state index is 0.233. The number of para-hydroxylation sites is 1. The lowest BCUT2D eigenvalue weighted by Gasteiger charge is -2.06. The fourth-order valence-corrected chi connectivity index (χ4v) is 1.89. The van der Waals surface area contributed by atoms with Gasteiger partial charge in [0.1, 0.15) is 5.75 Å². The molecule has 3 rings (SSSR count). The molecule has 1 N–H and O–H groups in total. The van der Waals surface area contributed by atoms with Crippen LogP contribution in [0.2, 0.25) is 0 Å². The summed E-state index contributed by atoms with van der Waals surface area (Å²) < 4.78 is 0. The number of aromatic hydroxyl groups is 1. The van der Waals surface area contributed by atoms with Crippen LogP contribution >= 0.6 is 0 Å². The fourth-order valence-electron chi connectivity index (χ4n) is 1.89. The summed E-state index contributed by atoms with van der Waals surface area (Å²) in [5, 5.41) is 10.8. The van der Waals surface area contributed by atoms with E-state index in [0.29, 0.717) is 0 Å². The van der Waals surface area contributed by atoms with Crippen molar-refractivity contribution >= 4 is 10.9 Å². The molecule has 0 spiro atoms. The van der Waals surface area contributed by atoms with Crippen molar-refractivity contribution in [3.05, 3.63) is 54.9 Å². The van der Waals surface area contributed by atoms with Crippen LogP contribution < -0.4 is 0 Å². The maximum atomic E-state index is 9.86. The van der Waals surface area contributed by atoms with Crippen molar-refractivity contribution in [1.29, 1.82) is 0 Å². The molecule has 0 fully saturated rings. The molecule has 17 heavy (non-hydrogen) atoms. The van der Waals surface area contributed by atoms with Crippen LogP contribution in [-0.4, -0.2) is 15.1 Å². The third-order valence-corrected chi connectivity index (χ3v) is 2.69. The lowest BCUT2D eigenvalue weighted by atomic mass is 10.1. The van der Waals surface area contributed by atoms with Gasteiger partial charge in [-0.05, 0) is 30.3 Å². The molecular formula is C14H10N2O. The van der Waals surface area contributed by atoms with Crippen LogP contribution in [0.15, 0.2) is 54.9 Å². The normalized spacial score (nSPS) is 10.6. The number of fused-ring (bicyclic) bond motifs is 1. The predicted octanol–water partition coefficient (Wildman–Crippen LogP) is 3.00. The monoisotopic (exact) mass is 222 g/mol. The van der Waals surface area contributed by atoms with Crippen molar-refractivity contribution in [3.63, 3.8) is 0 Å². The Balaban J connectivity index is 2.35. The minimum absolute atomic E-state index is 0.233. The van der Waals surface area contributed by atoms with Crippen molar-refractivity contribution in [3.8, 4) is 17.0 Å². The second-order valence-electron chi connectivity index (χ2n) is 3.75. The summed E-state index contributed by atoms with van der Waals surface area (Å²) in [6.45, 7) is 0. The van der Waals surface area contributed by atoms with Gasteiger partial charge in [0.2, 0.25) is 0 Å². The van der Waals surface area contributed by atoms with Crippen LogP contribution in [0.25, 0.3) is 22.2 Å². The van der Waals surface area contributed by atoms with E-state index >= 15 is 0 Å². The molecule has 0 aliphatic carbocycles. The van der Waals surface area contributed by atoms with Gasteiger partial charge in [0, 0.05) is 23.3 Å².